The molecule has 2 aromatic rings. The monoisotopic (exact) mass is 298 g/mol. The molecule has 2 N–H and O–H groups in total. The van der Waals surface area contributed by atoms with E-state index in [1.165, 1.54) is 0 Å². The van der Waals surface area contributed by atoms with Crippen molar-refractivity contribution in [3.8, 4) is 11.5 Å². The standard InChI is InChI=1S/C18H22N2O2/c1-5-21-20-14(4)15-6-8-16(9-7-15)22-18-11-12(2)17(19)10-13(18)3/h6-11H,5,19H2,1-4H3. The molecule has 4 nitrogen and oxygen atoms in total. The normalized spacial score (nSPS) is 11.4. The average Bonchev–Trinajstić information content (AvgIpc) is 2.51. The Morgan fingerprint density at radius 3 is 2.41 bits per heavy atom. The van der Waals surface area contributed by atoms with Crippen LogP contribution in [0, 0.1) is 13.8 Å². The molecule has 0 aromatic heterocycles. The van der Waals surface area contributed by atoms with Crippen LogP contribution in [0.25, 0.3) is 0 Å². The molecular weight excluding hydrogens is 276 g/mol. The van der Waals surface area contributed by atoms with Crippen LogP contribution in [0.5, 0.6) is 11.5 Å². The van der Waals surface area contributed by atoms with Crippen molar-refractivity contribution in [3.63, 3.8) is 0 Å². The lowest BCUT2D eigenvalue weighted by Gasteiger charge is -2.11. The molecule has 0 unspecified atom stereocenters. The van der Waals surface area contributed by atoms with Gasteiger partial charge in [0.2, 0.25) is 0 Å². The molecule has 0 amide bonds. The lowest BCUT2D eigenvalue weighted by molar-refractivity contribution is 0.159. The van der Waals surface area contributed by atoms with Gasteiger partial charge in [-0.3, -0.25) is 0 Å². The van der Waals surface area contributed by atoms with Gasteiger partial charge < -0.3 is 15.3 Å². The molecule has 4 heteroatoms. The lowest BCUT2D eigenvalue weighted by Crippen LogP contribution is -1.97. The first-order valence-corrected chi connectivity index (χ1v) is 7.32. The summed E-state index contributed by atoms with van der Waals surface area (Å²) in [4.78, 5) is 5.06. The zero-order chi connectivity index (χ0) is 16.1. The minimum absolute atomic E-state index is 0.564. The number of aryl methyl sites for hydroxylation is 2. The van der Waals surface area contributed by atoms with Crippen molar-refractivity contribution in [2.45, 2.75) is 27.7 Å². The van der Waals surface area contributed by atoms with Gasteiger partial charge in [0.25, 0.3) is 0 Å². The molecule has 0 aliphatic heterocycles. The molecular formula is C18H22N2O2. The Balaban J connectivity index is 2.17. The largest absolute Gasteiger partial charge is 0.457 e. The molecule has 0 aliphatic carbocycles. The first kappa shape index (κ1) is 15.9. The highest BCUT2D eigenvalue weighted by Crippen LogP contribution is 2.29. The number of nitrogens with two attached hydrogens (primary N) is 1. The Hall–Kier alpha value is -2.49. The molecule has 0 aliphatic rings. The SMILES string of the molecule is CCON=C(C)c1ccc(Oc2cc(C)c(N)cc2C)cc1. The summed E-state index contributed by atoms with van der Waals surface area (Å²) in [5.74, 6) is 1.60. The van der Waals surface area contributed by atoms with E-state index in [1.807, 2.05) is 64.1 Å². The first-order chi connectivity index (χ1) is 10.5. The van der Waals surface area contributed by atoms with Gasteiger partial charge in [-0.2, -0.15) is 0 Å². The molecule has 116 valence electrons. The fourth-order valence-corrected chi connectivity index (χ4v) is 2.03. The Bertz CT molecular complexity index is 676. The summed E-state index contributed by atoms with van der Waals surface area (Å²) < 4.78 is 5.93. The van der Waals surface area contributed by atoms with Gasteiger partial charge in [-0.05, 0) is 80.8 Å². The Labute approximate surface area is 131 Å². The van der Waals surface area contributed by atoms with Crippen LogP contribution in [0.15, 0.2) is 41.6 Å². The molecule has 0 spiro atoms. The van der Waals surface area contributed by atoms with Crippen molar-refractivity contribution >= 4 is 11.4 Å². The highest BCUT2D eigenvalue weighted by molar-refractivity contribution is 5.98. The van der Waals surface area contributed by atoms with E-state index in [0.29, 0.717) is 6.61 Å². The number of anilines is 1. The second-order valence-corrected chi connectivity index (χ2v) is 5.20. The van der Waals surface area contributed by atoms with Gasteiger partial charge in [0.15, 0.2) is 0 Å². The summed E-state index contributed by atoms with van der Waals surface area (Å²) in [7, 11) is 0. The topological polar surface area (TPSA) is 56.8 Å². The van der Waals surface area contributed by atoms with Crippen molar-refractivity contribution < 1.29 is 9.57 Å². The van der Waals surface area contributed by atoms with Crippen LogP contribution in [0.4, 0.5) is 5.69 Å². The molecule has 0 radical (unpaired) electrons. The van der Waals surface area contributed by atoms with Crippen molar-refractivity contribution in [1.29, 1.82) is 0 Å². The van der Waals surface area contributed by atoms with E-state index in [0.717, 1.165) is 39.6 Å². The van der Waals surface area contributed by atoms with Gasteiger partial charge >= 0.3 is 0 Å². The molecule has 0 atom stereocenters. The van der Waals surface area contributed by atoms with E-state index in [4.69, 9.17) is 15.3 Å². The molecule has 0 heterocycles. The third-order valence-corrected chi connectivity index (χ3v) is 3.39. The van der Waals surface area contributed by atoms with Crippen LogP contribution < -0.4 is 10.5 Å². The van der Waals surface area contributed by atoms with Crippen LogP contribution in [0.1, 0.15) is 30.5 Å². The third-order valence-electron chi connectivity index (χ3n) is 3.39. The second-order valence-electron chi connectivity index (χ2n) is 5.20. The Morgan fingerprint density at radius 2 is 1.77 bits per heavy atom. The maximum atomic E-state index is 5.93. The molecule has 0 saturated heterocycles. The third kappa shape index (κ3) is 3.79. The van der Waals surface area contributed by atoms with Gasteiger partial charge in [-0.15, -0.1) is 0 Å². The Morgan fingerprint density at radius 1 is 1.09 bits per heavy atom. The van der Waals surface area contributed by atoms with Gasteiger partial charge in [-0.1, -0.05) is 5.16 Å². The summed E-state index contributed by atoms with van der Waals surface area (Å²) >= 11 is 0. The average molecular weight is 298 g/mol. The number of rotatable bonds is 5. The second kappa shape index (κ2) is 6.98. The van der Waals surface area contributed by atoms with Crippen molar-refractivity contribution in [1.82, 2.24) is 0 Å². The number of benzene rings is 2. The minimum atomic E-state index is 0.564. The number of hydrogen-bond donors (Lipinski definition) is 1. The maximum absolute atomic E-state index is 5.93. The molecule has 0 saturated carbocycles. The molecule has 2 rings (SSSR count). The first-order valence-electron chi connectivity index (χ1n) is 7.32. The van der Waals surface area contributed by atoms with Crippen LogP contribution in [-0.2, 0) is 4.84 Å². The van der Waals surface area contributed by atoms with Crippen molar-refractivity contribution in [3.05, 3.63) is 53.1 Å². The van der Waals surface area contributed by atoms with E-state index < -0.39 is 0 Å². The van der Waals surface area contributed by atoms with Crippen molar-refractivity contribution in [2.75, 3.05) is 12.3 Å². The van der Waals surface area contributed by atoms with Gasteiger partial charge in [0.1, 0.15) is 18.1 Å². The summed E-state index contributed by atoms with van der Waals surface area (Å²) in [5, 5.41) is 4.02. The summed E-state index contributed by atoms with van der Waals surface area (Å²) in [6, 6.07) is 11.7. The number of oxime groups is 1. The zero-order valence-electron chi connectivity index (χ0n) is 13.5. The zero-order valence-corrected chi connectivity index (χ0v) is 13.5. The van der Waals surface area contributed by atoms with E-state index in [1.54, 1.807) is 0 Å². The van der Waals surface area contributed by atoms with Crippen molar-refractivity contribution in [2.24, 2.45) is 5.16 Å². The number of nitrogens with zero attached hydrogens (tertiary/aromatic N) is 1. The molecule has 2 aromatic carbocycles. The van der Waals surface area contributed by atoms with Gasteiger partial charge in [0, 0.05) is 5.69 Å². The van der Waals surface area contributed by atoms with Crippen LogP contribution in [0.2, 0.25) is 0 Å². The van der Waals surface area contributed by atoms with Crippen LogP contribution in [-0.4, -0.2) is 12.3 Å². The summed E-state index contributed by atoms with van der Waals surface area (Å²) in [5.41, 5.74) is 10.5. The summed E-state index contributed by atoms with van der Waals surface area (Å²) in [6.45, 7) is 8.34. The quantitative estimate of drug-likeness (QED) is 0.504. The van der Waals surface area contributed by atoms with Crippen LogP contribution in [0.3, 0.4) is 0 Å². The van der Waals surface area contributed by atoms with E-state index in [2.05, 4.69) is 5.16 Å². The highest BCUT2D eigenvalue weighted by Gasteiger charge is 2.06. The molecule has 22 heavy (non-hydrogen) atoms. The number of ether oxygens (including phenoxy) is 1. The number of hydrogen-bond acceptors (Lipinski definition) is 4. The fraction of sp³-hybridized carbons (Fsp3) is 0.278. The Kier molecular flexibility index (Phi) is 5.04. The highest BCUT2D eigenvalue weighted by atomic mass is 16.6. The summed E-state index contributed by atoms with van der Waals surface area (Å²) in [6.07, 6.45) is 0. The molecule has 0 bridgehead atoms. The maximum Gasteiger partial charge on any atom is 0.130 e. The smallest absolute Gasteiger partial charge is 0.130 e. The van der Waals surface area contributed by atoms with Gasteiger partial charge in [0.05, 0.1) is 5.71 Å². The predicted octanol–water partition coefficient (Wildman–Crippen LogP) is 4.44. The van der Waals surface area contributed by atoms with E-state index >= 15 is 0 Å². The lowest BCUT2D eigenvalue weighted by atomic mass is 10.1. The predicted molar refractivity (Wildman–Crippen MR) is 90.7 cm³/mol. The molecule has 0 fully saturated rings. The fourth-order valence-electron chi connectivity index (χ4n) is 2.03. The van der Waals surface area contributed by atoms with Gasteiger partial charge in [-0.25, -0.2) is 0 Å². The number of nitrogen functional groups attached to an aromatic ring is 1. The van der Waals surface area contributed by atoms with E-state index in [9.17, 15) is 0 Å². The van der Waals surface area contributed by atoms with E-state index in [-0.39, 0.29) is 0 Å². The minimum Gasteiger partial charge on any atom is -0.457 e. The van der Waals surface area contributed by atoms with Crippen LogP contribution >= 0.6 is 0 Å².